The Morgan fingerprint density at radius 2 is 2.25 bits per heavy atom. The molecule has 0 aromatic heterocycles. The Balaban J connectivity index is 3.00. The van der Waals surface area contributed by atoms with Gasteiger partial charge in [0.25, 0.3) is 0 Å². The third-order valence-corrected chi connectivity index (χ3v) is 3.54. The molecule has 1 rings (SSSR count). The summed E-state index contributed by atoms with van der Waals surface area (Å²) >= 11 is 0. The SMILES string of the molecule is C#CC(CC)NS(=O)(=O)c1cccc(N)c1. The fourth-order valence-corrected chi connectivity index (χ4v) is 2.47. The maximum atomic E-state index is 11.9. The van der Waals surface area contributed by atoms with Crippen molar-refractivity contribution in [1.29, 1.82) is 0 Å². The highest BCUT2D eigenvalue weighted by Crippen LogP contribution is 2.13. The molecule has 1 unspecified atom stereocenters. The summed E-state index contributed by atoms with van der Waals surface area (Å²) in [5.74, 6) is 2.37. The van der Waals surface area contributed by atoms with Gasteiger partial charge in [-0.15, -0.1) is 6.42 Å². The Hall–Kier alpha value is -1.51. The van der Waals surface area contributed by atoms with E-state index in [0.717, 1.165) is 0 Å². The minimum absolute atomic E-state index is 0.126. The number of nitrogens with two attached hydrogens (primary N) is 1. The lowest BCUT2D eigenvalue weighted by Gasteiger charge is -2.11. The Bertz CT molecular complexity index is 503. The van der Waals surface area contributed by atoms with E-state index in [4.69, 9.17) is 12.2 Å². The van der Waals surface area contributed by atoms with Crippen molar-refractivity contribution in [2.45, 2.75) is 24.3 Å². The molecular formula is C11H14N2O2S. The first-order valence-corrected chi connectivity index (χ1v) is 6.32. The van der Waals surface area contributed by atoms with Crippen LogP contribution in [0.1, 0.15) is 13.3 Å². The molecule has 1 atom stereocenters. The van der Waals surface area contributed by atoms with Crippen LogP contribution in [0.5, 0.6) is 0 Å². The second-order valence-corrected chi connectivity index (χ2v) is 5.04. The molecule has 0 amide bonds. The second-order valence-electron chi connectivity index (χ2n) is 3.32. The summed E-state index contributed by atoms with van der Waals surface area (Å²) in [6, 6.07) is 5.58. The lowest BCUT2D eigenvalue weighted by atomic mass is 10.3. The van der Waals surface area contributed by atoms with Gasteiger partial charge >= 0.3 is 0 Å². The molecule has 0 aliphatic rings. The van der Waals surface area contributed by atoms with Crippen LogP contribution in [-0.4, -0.2) is 14.5 Å². The Kier molecular flexibility index (Phi) is 3.93. The number of hydrogen-bond donors (Lipinski definition) is 2. The van der Waals surface area contributed by atoms with E-state index in [9.17, 15) is 8.42 Å². The van der Waals surface area contributed by atoms with E-state index in [1.165, 1.54) is 12.1 Å². The molecule has 1 aromatic carbocycles. The first-order chi connectivity index (χ1) is 7.49. The normalized spacial score (nSPS) is 13.0. The van der Waals surface area contributed by atoms with Crippen LogP contribution in [0.2, 0.25) is 0 Å². The van der Waals surface area contributed by atoms with Crippen molar-refractivity contribution in [3.8, 4) is 12.3 Å². The van der Waals surface area contributed by atoms with Crippen LogP contribution >= 0.6 is 0 Å². The van der Waals surface area contributed by atoms with Gasteiger partial charge in [0.05, 0.1) is 10.9 Å². The summed E-state index contributed by atoms with van der Waals surface area (Å²) in [4.78, 5) is 0.126. The highest BCUT2D eigenvalue weighted by molar-refractivity contribution is 7.89. The molecule has 0 saturated carbocycles. The predicted octanol–water partition coefficient (Wildman–Crippen LogP) is 0.959. The van der Waals surface area contributed by atoms with Gasteiger partial charge in [0.2, 0.25) is 10.0 Å². The quantitative estimate of drug-likeness (QED) is 0.606. The molecule has 0 heterocycles. The van der Waals surface area contributed by atoms with Crippen molar-refractivity contribution in [3.63, 3.8) is 0 Å². The summed E-state index contributed by atoms with van der Waals surface area (Å²) in [6.07, 6.45) is 5.74. The molecule has 1 aromatic rings. The third-order valence-electron chi connectivity index (χ3n) is 2.08. The fraction of sp³-hybridized carbons (Fsp3) is 0.273. The lowest BCUT2D eigenvalue weighted by Crippen LogP contribution is -2.33. The molecule has 86 valence electrons. The van der Waals surface area contributed by atoms with Gasteiger partial charge in [-0.2, -0.15) is 4.72 Å². The topological polar surface area (TPSA) is 72.2 Å². The summed E-state index contributed by atoms with van der Waals surface area (Å²) in [6.45, 7) is 1.81. The highest BCUT2D eigenvalue weighted by atomic mass is 32.2. The van der Waals surface area contributed by atoms with Gasteiger partial charge in [-0.25, -0.2) is 8.42 Å². The van der Waals surface area contributed by atoms with Crippen molar-refractivity contribution >= 4 is 15.7 Å². The average Bonchev–Trinajstić information content (AvgIpc) is 2.26. The van der Waals surface area contributed by atoms with Gasteiger partial charge in [0.15, 0.2) is 0 Å². The number of terminal acetylenes is 1. The van der Waals surface area contributed by atoms with E-state index >= 15 is 0 Å². The van der Waals surface area contributed by atoms with E-state index in [1.54, 1.807) is 12.1 Å². The average molecular weight is 238 g/mol. The van der Waals surface area contributed by atoms with Crippen LogP contribution in [0.3, 0.4) is 0 Å². The molecule has 0 aliphatic heterocycles. The number of sulfonamides is 1. The molecule has 3 N–H and O–H groups in total. The molecule has 5 heteroatoms. The number of nitrogen functional groups attached to an aromatic ring is 1. The van der Waals surface area contributed by atoms with Crippen LogP contribution in [0.4, 0.5) is 5.69 Å². The summed E-state index contributed by atoms with van der Waals surface area (Å²) in [5.41, 5.74) is 5.92. The number of hydrogen-bond acceptors (Lipinski definition) is 3. The van der Waals surface area contributed by atoms with Gasteiger partial charge in [0, 0.05) is 5.69 Å². The van der Waals surface area contributed by atoms with Crippen molar-refractivity contribution < 1.29 is 8.42 Å². The van der Waals surface area contributed by atoms with Gasteiger partial charge in [-0.05, 0) is 24.6 Å². The van der Waals surface area contributed by atoms with Gasteiger partial charge in [-0.3, -0.25) is 0 Å². The highest BCUT2D eigenvalue weighted by Gasteiger charge is 2.17. The predicted molar refractivity (Wildman–Crippen MR) is 64.1 cm³/mol. The Labute approximate surface area is 95.9 Å². The Morgan fingerprint density at radius 3 is 2.75 bits per heavy atom. The van der Waals surface area contributed by atoms with Gasteiger partial charge in [-0.1, -0.05) is 18.9 Å². The largest absolute Gasteiger partial charge is 0.399 e. The minimum atomic E-state index is -3.58. The monoisotopic (exact) mass is 238 g/mol. The van der Waals surface area contributed by atoms with E-state index in [2.05, 4.69) is 10.6 Å². The van der Waals surface area contributed by atoms with Crippen LogP contribution in [0.25, 0.3) is 0 Å². The van der Waals surface area contributed by atoms with Crippen molar-refractivity contribution in [2.75, 3.05) is 5.73 Å². The number of rotatable bonds is 4. The smallest absolute Gasteiger partial charge is 0.241 e. The lowest BCUT2D eigenvalue weighted by molar-refractivity contribution is 0.570. The molecule has 0 bridgehead atoms. The van der Waals surface area contributed by atoms with Crippen LogP contribution in [-0.2, 0) is 10.0 Å². The number of nitrogens with one attached hydrogen (secondary N) is 1. The first kappa shape index (κ1) is 12.6. The molecule has 0 saturated heterocycles. The molecule has 0 spiro atoms. The summed E-state index contributed by atoms with van der Waals surface area (Å²) < 4.78 is 26.1. The Morgan fingerprint density at radius 1 is 1.56 bits per heavy atom. The van der Waals surface area contributed by atoms with Gasteiger partial charge < -0.3 is 5.73 Å². The zero-order valence-electron chi connectivity index (χ0n) is 8.97. The van der Waals surface area contributed by atoms with Crippen LogP contribution in [0, 0.1) is 12.3 Å². The van der Waals surface area contributed by atoms with E-state index in [-0.39, 0.29) is 4.90 Å². The summed E-state index contributed by atoms with van der Waals surface area (Å²) in [5, 5.41) is 0. The molecule has 4 nitrogen and oxygen atoms in total. The third kappa shape index (κ3) is 2.99. The van der Waals surface area contributed by atoms with Crippen LogP contribution < -0.4 is 10.5 Å². The molecule has 16 heavy (non-hydrogen) atoms. The van der Waals surface area contributed by atoms with Gasteiger partial charge in [0.1, 0.15) is 0 Å². The van der Waals surface area contributed by atoms with Crippen LogP contribution in [0.15, 0.2) is 29.2 Å². The maximum absolute atomic E-state index is 11.9. The van der Waals surface area contributed by atoms with Crippen molar-refractivity contribution in [1.82, 2.24) is 4.72 Å². The molecule has 0 aliphatic carbocycles. The zero-order chi connectivity index (χ0) is 12.2. The minimum Gasteiger partial charge on any atom is -0.399 e. The molecule has 0 radical (unpaired) electrons. The maximum Gasteiger partial charge on any atom is 0.241 e. The molecular weight excluding hydrogens is 224 g/mol. The first-order valence-electron chi connectivity index (χ1n) is 4.83. The fourth-order valence-electron chi connectivity index (χ4n) is 1.17. The van der Waals surface area contributed by atoms with Crippen molar-refractivity contribution in [3.05, 3.63) is 24.3 Å². The zero-order valence-corrected chi connectivity index (χ0v) is 9.79. The summed E-state index contributed by atoms with van der Waals surface area (Å²) in [7, 11) is -3.58. The van der Waals surface area contributed by atoms with E-state index < -0.39 is 16.1 Å². The number of anilines is 1. The van der Waals surface area contributed by atoms with Crippen molar-refractivity contribution in [2.24, 2.45) is 0 Å². The number of benzene rings is 1. The van der Waals surface area contributed by atoms with E-state index in [0.29, 0.717) is 12.1 Å². The second kappa shape index (κ2) is 5.01. The molecule has 0 fully saturated rings. The van der Waals surface area contributed by atoms with E-state index in [1.807, 2.05) is 6.92 Å². The standard InChI is InChI=1S/C11H14N2O2S/c1-3-10(4-2)13-16(14,15)11-7-5-6-9(12)8-11/h1,5-8,10,13H,4,12H2,2H3.